The summed E-state index contributed by atoms with van der Waals surface area (Å²) in [5, 5.41) is 0. The molecule has 0 radical (unpaired) electrons. The van der Waals surface area contributed by atoms with Crippen LogP contribution in [0.15, 0.2) is 0 Å². The maximum absolute atomic E-state index is 12.1. The molecule has 0 bridgehead atoms. The van der Waals surface area contributed by atoms with E-state index < -0.39 is 18.1 Å². The molecule has 2 N–H and O–H groups in total. The third kappa shape index (κ3) is 4.08. The Balaban J connectivity index is 0.00000196. The Hall–Kier alpha value is -0.140. The van der Waals surface area contributed by atoms with Gasteiger partial charge < -0.3 is 10.6 Å². The summed E-state index contributed by atoms with van der Waals surface area (Å²) in [6.45, 7) is 0.709. The molecular weight excluding hydrogens is 253 g/mol. The number of halogens is 4. The van der Waals surface area contributed by atoms with E-state index in [9.17, 15) is 18.0 Å². The minimum Gasteiger partial charge on any atom is -0.339 e. The van der Waals surface area contributed by atoms with Crippen molar-refractivity contribution in [2.75, 3.05) is 24.6 Å². The Morgan fingerprint density at radius 2 is 1.80 bits per heavy atom. The highest BCUT2D eigenvalue weighted by Crippen LogP contribution is 2.21. The first-order valence-electron chi connectivity index (χ1n) is 4.12. The fourth-order valence-corrected chi connectivity index (χ4v) is 2.02. The first-order valence-corrected chi connectivity index (χ1v) is 5.27. The molecule has 1 aliphatic heterocycles. The topological polar surface area (TPSA) is 46.3 Å². The Morgan fingerprint density at radius 1 is 1.33 bits per heavy atom. The quantitative estimate of drug-likeness (QED) is 0.765. The zero-order valence-corrected chi connectivity index (χ0v) is 9.42. The van der Waals surface area contributed by atoms with Gasteiger partial charge in [-0.1, -0.05) is 0 Å². The number of rotatable bonds is 1. The van der Waals surface area contributed by atoms with Crippen molar-refractivity contribution in [3.8, 4) is 0 Å². The molecule has 3 nitrogen and oxygen atoms in total. The molecule has 0 aromatic carbocycles. The van der Waals surface area contributed by atoms with Crippen LogP contribution < -0.4 is 5.73 Å². The van der Waals surface area contributed by atoms with Crippen LogP contribution >= 0.6 is 24.2 Å². The van der Waals surface area contributed by atoms with E-state index in [2.05, 4.69) is 0 Å². The van der Waals surface area contributed by atoms with Gasteiger partial charge in [0, 0.05) is 24.6 Å². The first-order chi connectivity index (χ1) is 6.43. The lowest BCUT2D eigenvalue weighted by Gasteiger charge is -2.29. The molecule has 1 heterocycles. The molecule has 8 heteroatoms. The van der Waals surface area contributed by atoms with Crippen LogP contribution in [0.1, 0.15) is 0 Å². The van der Waals surface area contributed by atoms with E-state index in [1.54, 1.807) is 11.8 Å². The molecule has 15 heavy (non-hydrogen) atoms. The number of nitrogens with zero attached hydrogens (tertiary/aromatic N) is 1. The molecule has 1 rings (SSSR count). The molecule has 1 saturated heterocycles. The highest BCUT2D eigenvalue weighted by atomic mass is 35.5. The van der Waals surface area contributed by atoms with Gasteiger partial charge >= 0.3 is 6.18 Å². The molecule has 0 aromatic rings. The van der Waals surface area contributed by atoms with E-state index in [1.807, 2.05) is 0 Å². The Labute approximate surface area is 96.0 Å². The smallest absolute Gasteiger partial charge is 0.339 e. The molecule has 0 spiro atoms. The molecule has 1 aliphatic rings. The lowest BCUT2D eigenvalue weighted by Crippen LogP contribution is -2.53. The van der Waals surface area contributed by atoms with Gasteiger partial charge in [-0.05, 0) is 0 Å². The molecule has 1 atom stereocenters. The van der Waals surface area contributed by atoms with Crippen molar-refractivity contribution in [2.24, 2.45) is 5.73 Å². The molecule has 1 unspecified atom stereocenters. The Bertz CT molecular complexity index is 221. The van der Waals surface area contributed by atoms with Crippen molar-refractivity contribution in [2.45, 2.75) is 12.2 Å². The second-order valence-electron chi connectivity index (χ2n) is 2.96. The zero-order chi connectivity index (χ0) is 10.8. The average molecular weight is 265 g/mol. The maximum atomic E-state index is 12.1. The van der Waals surface area contributed by atoms with Crippen LogP contribution in [0, 0.1) is 0 Å². The fourth-order valence-electron chi connectivity index (χ4n) is 1.12. The van der Waals surface area contributed by atoms with Crippen LogP contribution in [0.5, 0.6) is 0 Å². The third-order valence-corrected chi connectivity index (χ3v) is 2.88. The van der Waals surface area contributed by atoms with Gasteiger partial charge in [0.2, 0.25) is 5.91 Å². The highest BCUT2D eigenvalue weighted by Gasteiger charge is 2.43. The van der Waals surface area contributed by atoms with Crippen LogP contribution in [0.4, 0.5) is 13.2 Å². The minimum absolute atomic E-state index is 0. The lowest BCUT2D eigenvalue weighted by atomic mass is 10.2. The number of nitrogens with two attached hydrogens (primary N) is 1. The van der Waals surface area contributed by atoms with Gasteiger partial charge in [0.15, 0.2) is 6.04 Å². The standard InChI is InChI=1S/C7H11F3N2OS.ClH/c8-7(9,10)5(11)6(13)12-1-3-14-4-2-12;/h5H,1-4,11H2;1H. The van der Waals surface area contributed by atoms with Gasteiger partial charge in [-0.25, -0.2) is 0 Å². The number of thioether (sulfide) groups is 1. The first kappa shape index (κ1) is 14.9. The predicted molar refractivity (Wildman–Crippen MR) is 55.2 cm³/mol. The van der Waals surface area contributed by atoms with Crippen molar-refractivity contribution in [3.05, 3.63) is 0 Å². The average Bonchev–Trinajstić information content (AvgIpc) is 2.15. The summed E-state index contributed by atoms with van der Waals surface area (Å²) in [6.07, 6.45) is -4.64. The van der Waals surface area contributed by atoms with Crippen LogP contribution in [0.2, 0.25) is 0 Å². The van der Waals surface area contributed by atoms with Gasteiger partial charge in [0.25, 0.3) is 0 Å². The second kappa shape index (κ2) is 5.81. The molecule has 90 valence electrons. The van der Waals surface area contributed by atoms with Gasteiger partial charge in [-0.2, -0.15) is 24.9 Å². The van der Waals surface area contributed by atoms with E-state index >= 15 is 0 Å². The largest absolute Gasteiger partial charge is 0.412 e. The van der Waals surface area contributed by atoms with Crippen molar-refractivity contribution in [1.29, 1.82) is 0 Å². The maximum Gasteiger partial charge on any atom is 0.412 e. The molecule has 1 amide bonds. The number of amides is 1. The van der Waals surface area contributed by atoms with E-state index in [0.717, 1.165) is 0 Å². The van der Waals surface area contributed by atoms with Gasteiger partial charge in [-0.3, -0.25) is 4.79 Å². The predicted octanol–water partition coefficient (Wildman–Crippen LogP) is 0.873. The van der Waals surface area contributed by atoms with Gasteiger partial charge in [-0.15, -0.1) is 12.4 Å². The number of alkyl halides is 3. The molecule has 0 aliphatic carbocycles. The van der Waals surface area contributed by atoms with Crippen LogP contribution in [-0.4, -0.2) is 47.6 Å². The molecule has 0 aromatic heterocycles. The fraction of sp³-hybridized carbons (Fsp3) is 0.857. The third-order valence-electron chi connectivity index (χ3n) is 1.94. The molecule has 0 saturated carbocycles. The summed E-state index contributed by atoms with van der Waals surface area (Å²) >= 11 is 1.62. The van der Waals surface area contributed by atoms with Crippen LogP contribution in [-0.2, 0) is 4.79 Å². The normalized spacial score (nSPS) is 19.3. The van der Waals surface area contributed by atoms with E-state index in [-0.39, 0.29) is 12.4 Å². The van der Waals surface area contributed by atoms with E-state index in [4.69, 9.17) is 5.73 Å². The summed E-state index contributed by atoms with van der Waals surface area (Å²) in [5.41, 5.74) is 4.80. The molecular formula is C7H12ClF3N2OS. The SMILES string of the molecule is Cl.NC(C(=O)N1CCSCC1)C(F)(F)F. The summed E-state index contributed by atoms with van der Waals surface area (Å²) in [4.78, 5) is 12.4. The van der Waals surface area contributed by atoms with Crippen molar-refractivity contribution >= 4 is 30.1 Å². The minimum atomic E-state index is -4.64. The van der Waals surface area contributed by atoms with Crippen LogP contribution in [0.3, 0.4) is 0 Å². The number of hydrogen-bond acceptors (Lipinski definition) is 3. The highest BCUT2D eigenvalue weighted by molar-refractivity contribution is 7.99. The summed E-state index contributed by atoms with van der Waals surface area (Å²) < 4.78 is 36.2. The second-order valence-corrected chi connectivity index (χ2v) is 4.18. The molecule has 1 fully saturated rings. The van der Waals surface area contributed by atoms with Crippen molar-refractivity contribution < 1.29 is 18.0 Å². The van der Waals surface area contributed by atoms with Gasteiger partial charge in [0.05, 0.1) is 0 Å². The number of hydrogen-bond donors (Lipinski definition) is 1. The van der Waals surface area contributed by atoms with E-state index in [1.165, 1.54) is 4.90 Å². The van der Waals surface area contributed by atoms with Crippen molar-refractivity contribution in [1.82, 2.24) is 4.90 Å². The number of carbonyl (C=O) groups excluding carboxylic acids is 1. The summed E-state index contributed by atoms with van der Waals surface area (Å²) in [5.74, 6) is 0.338. The zero-order valence-electron chi connectivity index (χ0n) is 7.79. The van der Waals surface area contributed by atoms with E-state index in [0.29, 0.717) is 24.6 Å². The lowest BCUT2D eigenvalue weighted by molar-refractivity contribution is -0.169. The van der Waals surface area contributed by atoms with Gasteiger partial charge in [0.1, 0.15) is 0 Å². The van der Waals surface area contributed by atoms with Crippen molar-refractivity contribution in [3.63, 3.8) is 0 Å². The van der Waals surface area contributed by atoms with Crippen LogP contribution in [0.25, 0.3) is 0 Å². The number of carbonyl (C=O) groups is 1. The monoisotopic (exact) mass is 264 g/mol. The Morgan fingerprint density at radius 3 is 2.20 bits per heavy atom. The Kier molecular flexibility index (Phi) is 5.76. The summed E-state index contributed by atoms with van der Waals surface area (Å²) in [7, 11) is 0. The summed E-state index contributed by atoms with van der Waals surface area (Å²) in [6, 6.07) is -2.37.